The van der Waals surface area contributed by atoms with Crippen LogP contribution in [0.4, 0.5) is 0 Å². The molecule has 0 radical (unpaired) electrons. The molecule has 2 aromatic heterocycles. The molecule has 0 aliphatic heterocycles. The lowest BCUT2D eigenvalue weighted by Gasteiger charge is -2.17. The van der Waals surface area contributed by atoms with E-state index in [2.05, 4.69) is 15.3 Å². The van der Waals surface area contributed by atoms with Gasteiger partial charge in [0.1, 0.15) is 17.1 Å². The van der Waals surface area contributed by atoms with Gasteiger partial charge in [-0.25, -0.2) is 18.1 Å². The quantitative estimate of drug-likeness (QED) is 0.854. The van der Waals surface area contributed by atoms with Crippen molar-refractivity contribution in [2.75, 3.05) is 6.26 Å². The molecule has 2 atom stereocenters. The van der Waals surface area contributed by atoms with E-state index in [-0.39, 0.29) is 11.3 Å². The summed E-state index contributed by atoms with van der Waals surface area (Å²) in [6.45, 7) is 0. The van der Waals surface area contributed by atoms with E-state index in [1.165, 1.54) is 12.6 Å². The number of rotatable bonds is 4. The molecule has 2 heterocycles. The maximum Gasteiger partial charge on any atom is 0.181 e. The first-order chi connectivity index (χ1) is 10.5. The second-order valence-electron chi connectivity index (χ2n) is 6.29. The van der Waals surface area contributed by atoms with Crippen LogP contribution in [0, 0.1) is 0 Å². The Morgan fingerprint density at radius 1 is 1.27 bits per heavy atom. The lowest BCUT2D eigenvalue weighted by atomic mass is 10.2. The Balaban J connectivity index is 1.65. The topological polar surface area (TPSA) is 90.9 Å². The Kier molecular flexibility index (Phi) is 3.11. The molecule has 2 aliphatic rings. The van der Waals surface area contributed by atoms with Gasteiger partial charge in [0.15, 0.2) is 16.2 Å². The van der Waals surface area contributed by atoms with Crippen molar-refractivity contribution in [3.63, 3.8) is 0 Å². The Morgan fingerprint density at radius 3 is 2.82 bits per heavy atom. The molecule has 118 valence electrons. The smallest absolute Gasteiger partial charge is 0.181 e. The zero-order valence-electron chi connectivity index (χ0n) is 12.3. The molecule has 22 heavy (non-hydrogen) atoms. The third-order valence-corrected chi connectivity index (χ3v) is 6.25. The van der Waals surface area contributed by atoms with E-state index in [1.807, 2.05) is 0 Å². The Labute approximate surface area is 128 Å². The van der Waals surface area contributed by atoms with Gasteiger partial charge in [0.05, 0.1) is 17.5 Å². The summed E-state index contributed by atoms with van der Waals surface area (Å²) in [5.74, 6) is 1.32. The number of sulfone groups is 1. The Morgan fingerprint density at radius 2 is 2.09 bits per heavy atom. The van der Waals surface area contributed by atoms with E-state index in [0.717, 1.165) is 37.1 Å². The van der Waals surface area contributed by atoms with E-state index in [1.54, 1.807) is 10.9 Å². The van der Waals surface area contributed by atoms with Gasteiger partial charge in [0, 0.05) is 12.2 Å². The minimum absolute atomic E-state index is 0.132. The summed E-state index contributed by atoms with van der Waals surface area (Å²) in [5.41, 5.74) is 1.40. The van der Waals surface area contributed by atoms with Crippen LogP contribution in [0.5, 0.6) is 0 Å². The fourth-order valence-corrected chi connectivity index (χ4v) is 4.76. The molecule has 7 nitrogen and oxygen atoms in total. The molecule has 4 rings (SSSR count). The zero-order valence-corrected chi connectivity index (χ0v) is 13.2. The van der Waals surface area contributed by atoms with E-state index >= 15 is 0 Å². The molecule has 2 fully saturated rings. The van der Waals surface area contributed by atoms with Crippen molar-refractivity contribution >= 4 is 9.84 Å². The van der Waals surface area contributed by atoms with Crippen LogP contribution < -0.4 is 0 Å². The van der Waals surface area contributed by atoms with Crippen LogP contribution in [0.2, 0.25) is 0 Å². The highest BCUT2D eigenvalue weighted by atomic mass is 32.2. The van der Waals surface area contributed by atoms with E-state index in [0.29, 0.717) is 18.0 Å². The Bertz CT molecular complexity index is 791. The third-order valence-electron chi connectivity index (χ3n) is 4.60. The van der Waals surface area contributed by atoms with Crippen molar-refractivity contribution in [1.29, 1.82) is 0 Å². The molecular formula is C14H18N4O3S. The lowest BCUT2D eigenvalue weighted by molar-refractivity contribution is 0.447. The Hall–Kier alpha value is -1.70. The monoisotopic (exact) mass is 322 g/mol. The number of aromatic nitrogens is 4. The fraction of sp³-hybridized carbons (Fsp3) is 0.643. The predicted molar refractivity (Wildman–Crippen MR) is 79.0 cm³/mol. The van der Waals surface area contributed by atoms with E-state index < -0.39 is 9.84 Å². The van der Waals surface area contributed by atoms with E-state index in [9.17, 15) is 8.42 Å². The first kappa shape index (κ1) is 13.9. The second-order valence-corrected chi connectivity index (χ2v) is 8.55. The average Bonchev–Trinajstić information content (AvgIpc) is 2.95. The largest absolute Gasteiger partial charge is 0.447 e. The molecule has 0 unspecified atom stereocenters. The number of hydrogen-bond acceptors (Lipinski definition) is 6. The molecule has 0 amide bonds. The highest BCUT2D eigenvalue weighted by Crippen LogP contribution is 2.44. The SMILES string of the molecule is CS(=O)(=O)[C@@H]1CCC[C@H]1n1cc(-c2ncoc2C2CC2)nn1. The summed E-state index contributed by atoms with van der Waals surface area (Å²) in [7, 11) is -3.08. The number of hydrogen-bond donors (Lipinski definition) is 0. The molecule has 0 N–H and O–H groups in total. The minimum atomic E-state index is -3.08. The van der Waals surface area contributed by atoms with Gasteiger partial charge < -0.3 is 4.42 Å². The molecule has 8 heteroatoms. The standard InChI is InChI=1S/C14H18N4O3S/c1-22(19,20)12-4-2-3-11(12)18-7-10(16-17-18)13-14(9-5-6-9)21-8-15-13/h7-9,11-12H,2-6H2,1H3/t11-,12-/m1/s1. The molecule has 2 aromatic rings. The first-order valence-electron chi connectivity index (χ1n) is 7.58. The summed E-state index contributed by atoms with van der Waals surface area (Å²) in [4.78, 5) is 4.25. The zero-order chi connectivity index (χ0) is 15.3. The summed E-state index contributed by atoms with van der Waals surface area (Å²) in [6.07, 6.45) is 9.19. The van der Waals surface area contributed by atoms with Gasteiger partial charge in [-0.05, 0) is 32.1 Å². The van der Waals surface area contributed by atoms with Gasteiger partial charge in [0.2, 0.25) is 0 Å². The van der Waals surface area contributed by atoms with Crippen molar-refractivity contribution in [1.82, 2.24) is 20.0 Å². The predicted octanol–water partition coefficient (Wildman–Crippen LogP) is 1.95. The normalized spacial score (nSPS) is 25.7. The summed E-state index contributed by atoms with van der Waals surface area (Å²) >= 11 is 0. The average molecular weight is 322 g/mol. The van der Waals surface area contributed by atoms with Crippen molar-refractivity contribution in [2.24, 2.45) is 0 Å². The summed E-state index contributed by atoms with van der Waals surface area (Å²) in [5, 5.41) is 7.97. The summed E-state index contributed by atoms with van der Waals surface area (Å²) < 4.78 is 31.0. The van der Waals surface area contributed by atoms with Crippen LogP contribution in [0.3, 0.4) is 0 Å². The molecule has 0 spiro atoms. The maximum atomic E-state index is 11.9. The van der Waals surface area contributed by atoms with Gasteiger partial charge in [-0.1, -0.05) is 5.21 Å². The third kappa shape index (κ3) is 2.35. The van der Waals surface area contributed by atoms with Crippen LogP contribution in [0.1, 0.15) is 49.8 Å². The highest BCUT2D eigenvalue weighted by Gasteiger charge is 2.37. The van der Waals surface area contributed by atoms with Crippen LogP contribution >= 0.6 is 0 Å². The van der Waals surface area contributed by atoms with Crippen molar-refractivity contribution in [3.8, 4) is 11.4 Å². The van der Waals surface area contributed by atoms with Gasteiger partial charge in [0.25, 0.3) is 0 Å². The van der Waals surface area contributed by atoms with Crippen molar-refractivity contribution < 1.29 is 12.8 Å². The molecular weight excluding hydrogens is 304 g/mol. The van der Waals surface area contributed by atoms with Crippen molar-refractivity contribution in [2.45, 2.75) is 49.3 Å². The van der Waals surface area contributed by atoms with Crippen LogP contribution in [0.25, 0.3) is 11.4 Å². The van der Waals surface area contributed by atoms with Gasteiger partial charge in [-0.2, -0.15) is 0 Å². The molecule has 2 saturated carbocycles. The molecule has 0 saturated heterocycles. The van der Waals surface area contributed by atoms with Crippen LogP contribution in [0.15, 0.2) is 17.0 Å². The molecule has 0 bridgehead atoms. The van der Waals surface area contributed by atoms with Crippen molar-refractivity contribution in [3.05, 3.63) is 18.4 Å². The van der Waals surface area contributed by atoms with Gasteiger partial charge in [-0.15, -0.1) is 5.10 Å². The number of nitrogens with zero attached hydrogens (tertiary/aromatic N) is 4. The lowest BCUT2D eigenvalue weighted by Crippen LogP contribution is -2.27. The highest BCUT2D eigenvalue weighted by molar-refractivity contribution is 7.91. The minimum Gasteiger partial charge on any atom is -0.447 e. The molecule has 2 aliphatic carbocycles. The second kappa shape index (κ2) is 4.91. The maximum absolute atomic E-state index is 11.9. The van der Waals surface area contributed by atoms with Crippen LogP contribution in [-0.4, -0.2) is 39.9 Å². The van der Waals surface area contributed by atoms with E-state index in [4.69, 9.17) is 4.42 Å². The first-order valence-corrected chi connectivity index (χ1v) is 9.54. The van der Waals surface area contributed by atoms with Gasteiger partial charge >= 0.3 is 0 Å². The summed E-state index contributed by atoms with van der Waals surface area (Å²) in [6, 6.07) is -0.132. The van der Waals surface area contributed by atoms with Gasteiger partial charge in [-0.3, -0.25) is 0 Å². The number of oxazole rings is 1. The molecule has 0 aromatic carbocycles. The fourth-order valence-electron chi connectivity index (χ4n) is 3.34. The van der Waals surface area contributed by atoms with Crippen LogP contribution in [-0.2, 0) is 9.84 Å².